The van der Waals surface area contributed by atoms with E-state index in [1.54, 1.807) is 25.1 Å². The second-order valence-corrected chi connectivity index (χ2v) is 7.19. The molecular formula is C17H15F3N4OS. The minimum Gasteiger partial charge on any atom is -0.374 e. The fourth-order valence-corrected chi connectivity index (χ4v) is 4.13. The number of carbonyl (C=O) groups is 1. The molecule has 1 aromatic heterocycles. The summed E-state index contributed by atoms with van der Waals surface area (Å²) in [6, 6.07) is 7.14. The molecule has 0 N–H and O–H groups in total. The van der Waals surface area contributed by atoms with Crippen LogP contribution < -0.4 is 5.01 Å². The first-order chi connectivity index (χ1) is 12.4. The van der Waals surface area contributed by atoms with Gasteiger partial charge in [-0.15, -0.1) is 0 Å². The van der Waals surface area contributed by atoms with Crippen molar-refractivity contribution in [3.8, 4) is 0 Å². The first-order valence-electron chi connectivity index (χ1n) is 8.18. The molecule has 2 aromatic rings. The van der Waals surface area contributed by atoms with E-state index in [9.17, 15) is 18.0 Å². The van der Waals surface area contributed by atoms with Gasteiger partial charge in [0.1, 0.15) is 0 Å². The molecule has 1 aromatic carbocycles. The highest BCUT2D eigenvalue weighted by Gasteiger charge is 2.49. The lowest BCUT2D eigenvalue weighted by molar-refractivity contribution is -0.114. The molecule has 0 saturated carbocycles. The van der Waals surface area contributed by atoms with Crippen LogP contribution in [0.5, 0.6) is 0 Å². The average Bonchev–Trinajstić information content (AvgIpc) is 3.31. The van der Waals surface area contributed by atoms with Gasteiger partial charge in [-0.1, -0.05) is 23.5 Å². The number of alkyl halides is 3. The Bertz CT molecular complexity index is 908. The minimum absolute atomic E-state index is 0.141. The number of carbonyl (C=O) groups excluding carboxylic acids is 1. The van der Waals surface area contributed by atoms with Crippen molar-refractivity contribution in [2.45, 2.75) is 25.9 Å². The second-order valence-electron chi connectivity index (χ2n) is 6.18. The number of thiazole rings is 1. The zero-order valence-electron chi connectivity index (χ0n) is 13.9. The van der Waals surface area contributed by atoms with Crippen LogP contribution in [0.15, 0.2) is 40.6 Å². The Hall–Kier alpha value is -2.42. The van der Waals surface area contributed by atoms with E-state index in [-0.39, 0.29) is 10.7 Å². The Morgan fingerprint density at radius 2 is 1.88 bits per heavy atom. The standard InChI is InChI=1S/C17H15F3N4OS/c1-10(23-8-4-5-9-23)13-14(17(18,19)20)22-24(15(13)25)16-21-11-6-2-3-7-12(11)26-16/h2-3,6-7H,4-5,8-9H2,1H3. The fraction of sp³-hybridized carbons (Fsp3) is 0.353. The second kappa shape index (κ2) is 6.08. The first kappa shape index (κ1) is 17.0. The maximum atomic E-state index is 13.5. The summed E-state index contributed by atoms with van der Waals surface area (Å²) >= 11 is 1.14. The van der Waals surface area contributed by atoms with Crippen LogP contribution in [0.3, 0.4) is 0 Å². The number of hydrazone groups is 1. The Morgan fingerprint density at radius 3 is 2.54 bits per heavy atom. The molecule has 0 atom stereocenters. The van der Waals surface area contributed by atoms with Crippen molar-refractivity contribution in [3.63, 3.8) is 0 Å². The lowest BCUT2D eigenvalue weighted by atomic mass is 10.1. The number of nitrogens with zero attached hydrogens (tertiary/aromatic N) is 4. The van der Waals surface area contributed by atoms with Crippen LogP contribution in [0.2, 0.25) is 0 Å². The average molecular weight is 380 g/mol. The van der Waals surface area contributed by atoms with Crippen LogP contribution in [0, 0.1) is 0 Å². The van der Waals surface area contributed by atoms with E-state index in [0.717, 1.165) is 33.9 Å². The number of halogens is 3. The molecule has 136 valence electrons. The van der Waals surface area contributed by atoms with Gasteiger partial charge in [0.25, 0.3) is 5.91 Å². The zero-order chi connectivity index (χ0) is 18.5. The smallest absolute Gasteiger partial charge is 0.374 e. The van der Waals surface area contributed by atoms with E-state index in [1.807, 2.05) is 11.0 Å². The molecule has 3 heterocycles. The van der Waals surface area contributed by atoms with Gasteiger partial charge >= 0.3 is 6.18 Å². The number of hydrogen-bond donors (Lipinski definition) is 0. The van der Waals surface area contributed by atoms with E-state index < -0.39 is 17.8 Å². The largest absolute Gasteiger partial charge is 0.436 e. The van der Waals surface area contributed by atoms with Gasteiger partial charge in [-0.3, -0.25) is 4.79 Å². The topological polar surface area (TPSA) is 48.8 Å². The summed E-state index contributed by atoms with van der Waals surface area (Å²) in [7, 11) is 0. The number of likely N-dealkylation sites (tertiary alicyclic amines) is 1. The zero-order valence-corrected chi connectivity index (χ0v) is 14.7. The molecule has 1 saturated heterocycles. The van der Waals surface area contributed by atoms with Crippen LogP contribution in [-0.2, 0) is 4.79 Å². The molecule has 9 heteroatoms. The summed E-state index contributed by atoms with van der Waals surface area (Å²) in [4.78, 5) is 18.9. The van der Waals surface area contributed by atoms with Gasteiger partial charge in [0.2, 0.25) is 5.13 Å². The predicted octanol–water partition coefficient (Wildman–Crippen LogP) is 3.93. The number of amides is 1. The number of hydrogen-bond acceptors (Lipinski definition) is 5. The van der Waals surface area contributed by atoms with Gasteiger partial charge in [-0.25, -0.2) is 4.98 Å². The van der Waals surface area contributed by atoms with Crippen molar-refractivity contribution in [2.24, 2.45) is 5.10 Å². The van der Waals surface area contributed by atoms with Gasteiger partial charge < -0.3 is 4.90 Å². The summed E-state index contributed by atoms with van der Waals surface area (Å²) in [6.45, 7) is 2.85. The molecular weight excluding hydrogens is 365 g/mol. The SMILES string of the molecule is CC(=C1C(=O)N(c2nc3ccccc3s2)N=C1C(F)(F)F)N1CCCC1. The molecule has 4 rings (SSSR count). The van der Waals surface area contributed by atoms with E-state index in [1.165, 1.54) is 0 Å². The summed E-state index contributed by atoms with van der Waals surface area (Å²) in [6.07, 6.45) is -2.91. The third-order valence-electron chi connectivity index (χ3n) is 4.52. The summed E-state index contributed by atoms with van der Waals surface area (Å²) in [5.74, 6) is -0.777. The summed E-state index contributed by atoms with van der Waals surface area (Å²) in [5.41, 5.74) is -0.574. The molecule has 1 fully saturated rings. The third kappa shape index (κ3) is 2.76. The molecule has 26 heavy (non-hydrogen) atoms. The van der Waals surface area contributed by atoms with E-state index in [2.05, 4.69) is 10.1 Å². The molecule has 5 nitrogen and oxygen atoms in total. The quantitative estimate of drug-likeness (QED) is 0.742. The highest BCUT2D eigenvalue weighted by Crippen LogP contribution is 2.37. The molecule has 0 bridgehead atoms. The van der Waals surface area contributed by atoms with Crippen LogP contribution in [-0.4, -0.2) is 40.8 Å². The van der Waals surface area contributed by atoms with Gasteiger partial charge in [-0.05, 0) is 31.9 Å². The summed E-state index contributed by atoms with van der Waals surface area (Å²) in [5, 5.41) is 4.54. The molecule has 2 aliphatic heterocycles. The maximum Gasteiger partial charge on any atom is 0.436 e. The van der Waals surface area contributed by atoms with E-state index in [4.69, 9.17) is 0 Å². The number of fused-ring (bicyclic) bond motifs is 1. The summed E-state index contributed by atoms with van der Waals surface area (Å²) < 4.78 is 41.4. The van der Waals surface area contributed by atoms with Crippen molar-refractivity contribution in [3.05, 3.63) is 35.5 Å². The van der Waals surface area contributed by atoms with E-state index >= 15 is 0 Å². The number of anilines is 1. The Labute approximate surface area is 151 Å². The maximum absolute atomic E-state index is 13.5. The fourth-order valence-electron chi connectivity index (χ4n) is 3.22. The highest BCUT2D eigenvalue weighted by molar-refractivity contribution is 7.22. The van der Waals surface area contributed by atoms with Crippen molar-refractivity contribution >= 4 is 38.3 Å². The molecule has 0 spiro atoms. The number of allylic oxidation sites excluding steroid dienone is 1. The molecule has 2 aliphatic rings. The van der Waals surface area contributed by atoms with Crippen molar-refractivity contribution in [2.75, 3.05) is 18.1 Å². The third-order valence-corrected chi connectivity index (χ3v) is 5.53. The Kier molecular flexibility index (Phi) is 3.98. The van der Waals surface area contributed by atoms with Gasteiger partial charge in [0.05, 0.1) is 15.8 Å². The molecule has 1 amide bonds. The van der Waals surface area contributed by atoms with Crippen LogP contribution >= 0.6 is 11.3 Å². The van der Waals surface area contributed by atoms with Gasteiger partial charge in [0.15, 0.2) is 5.71 Å². The van der Waals surface area contributed by atoms with Gasteiger partial charge in [0, 0.05) is 18.8 Å². The highest BCUT2D eigenvalue weighted by atomic mass is 32.1. The number of benzene rings is 1. The van der Waals surface area contributed by atoms with Crippen molar-refractivity contribution in [1.82, 2.24) is 9.88 Å². The van der Waals surface area contributed by atoms with Crippen molar-refractivity contribution in [1.29, 1.82) is 0 Å². The first-order valence-corrected chi connectivity index (χ1v) is 9.00. The molecule has 0 aliphatic carbocycles. The Balaban J connectivity index is 1.81. The Morgan fingerprint density at radius 1 is 1.19 bits per heavy atom. The molecule has 0 unspecified atom stereocenters. The molecule has 0 radical (unpaired) electrons. The normalized spacial score (nSPS) is 20.3. The minimum atomic E-state index is -4.71. The van der Waals surface area contributed by atoms with Crippen LogP contribution in [0.1, 0.15) is 19.8 Å². The lowest BCUT2D eigenvalue weighted by Gasteiger charge is -2.21. The van der Waals surface area contributed by atoms with Gasteiger partial charge in [-0.2, -0.15) is 23.3 Å². The van der Waals surface area contributed by atoms with Crippen LogP contribution in [0.4, 0.5) is 18.3 Å². The van der Waals surface area contributed by atoms with Crippen LogP contribution in [0.25, 0.3) is 10.2 Å². The predicted molar refractivity (Wildman–Crippen MR) is 94.1 cm³/mol. The number of rotatable bonds is 2. The van der Waals surface area contributed by atoms with E-state index in [0.29, 0.717) is 24.3 Å². The number of aromatic nitrogens is 1. The monoisotopic (exact) mass is 380 g/mol. The van der Waals surface area contributed by atoms with Crippen molar-refractivity contribution < 1.29 is 18.0 Å². The lowest BCUT2D eigenvalue weighted by Crippen LogP contribution is -2.30. The number of para-hydroxylation sites is 1.